The predicted molar refractivity (Wildman–Crippen MR) is 61.6 cm³/mol. The van der Waals surface area contributed by atoms with Crippen LogP contribution in [0.3, 0.4) is 0 Å². The Kier molecular flexibility index (Phi) is 4.75. The van der Waals surface area contributed by atoms with Crippen molar-refractivity contribution in [2.45, 2.75) is 13.3 Å². The standard InChI is InChI=1S/C8H11Br2NS/c1-6-5-12-8(11-6)2-7(3-9)4-10/h5,7H,2-4H2,1H3. The fourth-order valence-electron chi connectivity index (χ4n) is 0.894. The molecule has 1 nitrogen and oxygen atoms in total. The van der Waals surface area contributed by atoms with Gasteiger partial charge in [-0.2, -0.15) is 0 Å². The molecule has 0 amide bonds. The lowest BCUT2D eigenvalue weighted by Gasteiger charge is -2.06. The molecule has 4 heteroatoms. The maximum atomic E-state index is 4.42. The molecule has 1 aromatic heterocycles. The van der Waals surface area contributed by atoms with Crippen molar-refractivity contribution >= 4 is 43.2 Å². The van der Waals surface area contributed by atoms with Gasteiger partial charge in [0.15, 0.2) is 0 Å². The molecular formula is C8H11Br2NS. The van der Waals surface area contributed by atoms with Gasteiger partial charge in [0.25, 0.3) is 0 Å². The van der Waals surface area contributed by atoms with Crippen molar-refractivity contribution in [3.63, 3.8) is 0 Å². The molecule has 68 valence electrons. The lowest BCUT2D eigenvalue weighted by atomic mass is 10.1. The summed E-state index contributed by atoms with van der Waals surface area (Å²) in [7, 11) is 0. The van der Waals surface area contributed by atoms with Crippen LogP contribution in [0.2, 0.25) is 0 Å². The lowest BCUT2D eigenvalue weighted by molar-refractivity contribution is 0.675. The molecule has 12 heavy (non-hydrogen) atoms. The van der Waals surface area contributed by atoms with Crippen molar-refractivity contribution in [3.05, 3.63) is 16.1 Å². The van der Waals surface area contributed by atoms with E-state index in [1.165, 1.54) is 5.01 Å². The van der Waals surface area contributed by atoms with E-state index in [4.69, 9.17) is 0 Å². The average Bonchev–Trinajstić information content (AvgIpc) is 2.47. The van der Waals surface area contributed by atoms with Gasteiger partial charge in [-0.05, 0) is 12.8 Å². The number of alkyl halides is 2. The van der Waals surface area contributed by atoms with Gasteiger partial charge < -0.3 is 0 Å². The summed E-state index contributed by atoms with van der Waals surface area (Å²) in [6.07, 6.45) is 1.08. The Hall–Kier alpha value is 0.590. The number of rotatable bonds is 4. The molecule has 0 saturated heterocycles. The van der Waals surface area contributed by atoms with Gasteiger partial charge in [-0.15, -0.1) is 11.3 Å². The first-order chi connectivity index (χ1) is 5.76. The van der Waals surface area contributed by atoms with E-state index in [0.29, 0.717) is 5.92 Å². The first kappa shape index (κ1) is 10.7. The third-order valence-corrected chi connectivity index (χ3v) is 4.39. The minimum Gasteiger partial charge on any atom is -0.247 e. The largest absolute Gasteiger partial charge is 0.247 e. The zero-order chi connectivity index (χ0) is 8.97. The van der Waals surface area contributed by atoms with Gasteiger partial charge in [0, 0.05) is 28.2 Å². The molecule has 1 aromatic rings. The Bertz CT molecular complexity index is 233. The van der Waals surface area contributed by atoms with E-state index < -0.39 is 0 Å². The van der Waals surface area contributed by atoms with Gasteiger partial charge >= 0.3 is 0 Å². The second-order valence-electron chi connectivity index (χ2n) is 2.76. The highest BCUT2D eigenvalue weighted by molar-refractivity contribution is 9.09. The van der Waals surface area contributed by atoms with Crippen LogP contribution in [0.4, 0.5) is 0 Å². The number of hydrogen-bond donors (Lipinski definition) is 0. The average molecular weight is 313 g/mol. The van der Waals surface area contributed by atoms with Crippen LogP contribution in [0.1, 0.15) is 10.7 Å². The Morgan fingerprint density at radius 2 is 2.17 bits per heavy atom. The molecule has 0 aromatic carbocycles. The molecule has 0 fully saturated rings. The van der Waals surface area contributed by atoms with Gasteiger partial charge in [0.2, 0.25) is 0 Å². The van der Waals surface area contributed by atoms with E-state index in [-0.39, 0.29) is 0 Å². The van der Waals surface area contributed by atoms with Crippen molar-refractivity contribution in [1.82, 2.24) is 4.98 Å². The van der Waals surface area contributed by atoms with Gasteiger partial charge in [-0.3, -0.25) is 0 Å². The second kappa shape index (κ2) is 5.35. The first-order valence-corrected chi connectivity index (χ1v) is 6.91. The highest BCUT2D eigenvalue weighted by Crippen LogP contribution is 2.16. The van der Waals surface area contributed by atoms with E-state index in [1.807, 2.05) is 6.92 Å². The van der Waals surface area contributed by atoms with Crippen molar-refractivity contribution in [2.24, 2.45) is 5.92 Å². The summed E-state index contributed by atoms with van der Waals surface area (Å²) < 4.78 is 0. The van der Waals surface area contributed by atoms with E-state index in [9.17, 15) is 0 Å². The summed E-state index contributed by atoms with van der Waals surface area (Å²) in [5, 5.41) is 5.43. The van der Waals surface area contributed by atoms with Crippen LogP contribution in [0, 0.1) is 12.8 Å². The minimum atomic E-state index is 0.663. The lowest BCUT2D eigenvalue weighted by Crippen LogP contribution is -2.07. The number of thiazole rings is 1. The number of nitrogens with zero attached hydrogens (tertiary/aromatic N) is 1. The molecule has 0 aliphatic rings. The van der Waals surface area contributed by atoms with Crippen LogP contribution in [-0.4, -0.2) is 15.6 Å². The first-order valence-electron chi connectivity index (χ1n) is 3.79. The Labute approximate surface area is 93.9 Å². The van der Waals surface area contributed by atoms with Crippen LogP contribution >= 0.6 is 43.2 Å². The fourth-order valence-corrected chi connectivity index (χ4v) is 3.31. The molecule has 1 rings (SSSR count). The summed E-state index contributed by atoms with van der Waals surface area (Å²) in [5.41, 5.74) is 1.14. The molecule has 0 saturated carbocycles. The van der Waals surface area contributed by atoms with E-state index >= 15 is 0 Å². The van der Waals surface area contributed by atoms with Gasteiger partial charge in [0.1, 0.15) is 0 Å². The highest BCUT2D eigenvalue weighted by atomic mass is 79.9. The maximum absolute atomic E-state index is 4.42. The third-order valence-electron chi connectivity index (χ3n) is 1.57. The normalized spacial score (nSPS) is 11.0. The van der Waals surface area contributed by atoms with Crippen molar-refractivity contribution in [3.8, 4) is 0 Å². The molecule has 0 radical (unpaired) electrons. The second-order valence-corrected chi connectivity index (χ2v) is 5.00. The number of aromatic nitrogens is 1. The summed E-state index contributed by atoms with van der Waals surface area (Å²) >= 11 is 8.73. The summed E-state index contributed by atoms with van der Waals surface area (Å²) in [5.74, 6) is 0.663. The molecule has 0 aliphatic carbocycles. The molecule has 0 spiro atoms. The molecule has 0 N–H and O–H groups in total. The highest BCUT2D eigenvalue weighted by Gasteiger charge is 2.08. The van der Waals surface area contributed by atoms with Crippen LogP contribution in [0.15, 0.2) is 5.38 Å². The monoisotopic (exact) mass is 311 g/mol. The van der Waals surface area contributed by atoms with Crippen molar-refractivity contribution in [1.29, 1.82) is 0 Å². The van der Waals surface area contributed by atoms with Crippen LogP contribution in [-0.2, 0) is 6.42 Å². The molecule has 0 bridgehead atoms. The topological polar surface area (TPSA) is 12.9 Å². The van der Waals surface area contributed by atoms with Crippen molar-refractivity contribution in [2.75, 3.05) is 10.7 Å². The molecule has 1 heterocycles. The van der Waals surface area contributed by atoms with Crippen LogP contribution < -0.4 is 0 Å². The zero-order valence-corrected chi connectivity index (χ0v) is 10.9. The van der Waals surface area contributed by atoms with Crippen molar-refractivity contribution < 1.29 is 0 Å². The van der Waals surface area contributed by atoms with Gasteiger partial charge in [-0.1, -0.05) is 31.9 Å². The molecular weight excluding hydrogens is 302 g/mol. The minimum absolute atomic E-state index is 0.663. The molecule has 0 unspecified atom stereocenters. The van der Waals surface area contributed by atoms with E-state index in [0.717, 1.165) is 22.8 Å². The molecule has 0 atom stereocenters. The van der Waals surface area contributed by atoms with Crippen LogP contribution in [0.5, 0.6) is 0 Å². The van der Waals surface area contributed by atoms with Gasteiger partial charge in [0.05, 0.1) is 5.01 Å². The number of aryl methyl sites for hydroxylation is 1. The van der Waals surface area contributed by atoms with Crippen LogP contribution in [0.25, 0.3) is 0 Å². The Balaban J connectivity index is 2.50. The molecule has 0 aliphatic heterocycles. The maximum Gasteiger partial charge on any atom is 0.0931 e. The SMILES string of the molecule is Cc1csc(CC(CBr)CBr)n1. The smallest absolute Gasteiger partial charge is 0.0931 e. The number of halogens is 2. The summed E-state index contributed by atoms with van der Waals surface area (Å²) in [6, 6.07) is 0. The van der Waals surface area contributed by atoms with Gasteiger partial charge in [-0.25, -0.2) is 4.98 Å². The fraction of sp³-hybridized carbons (Fsp3) is 0.625. The Morgan fingerprint density at radius 3 is 2.58 bits per heavy atom. The quantitative estimate of drug-likeness (QED) is 0.777. The summed E-state index contributed by atoms with van der Waals surface area (Å²) in [6.45, 7) is 2.04. The summed E-state index contributed by atoms with van der Waals surface area (Å²) in [4.78, 5) is 4.42. The zero-order valence-electron chi connectivity index (χ0n) is 6.89. The third kappa shape index (κ3) is 3.15. The Morgan fingerprint density at radius 1 is 1.50 bits per heavy atom. The predicted octanol–water partition coefficient (Wildman–Crippen LogP) is 3.40. The number of hydrogen-bond acceptors (Lipinski definition) is 2. The van der Waals surface area contributed by atoms with E-state index in [2.05, 4.69) is 42.2 Å². The van der Waals surface area contributed by atoms with E-state index in [1.54, 1.807) is 11.3 Å².